The molecule has 1 unspecified atom stereocenters. The van der Waals surface area contributed by atoms with Crippen LogP contribution in [0.1, 0.15) is 90.0 Å². The highest BCUT2D eigenvalue weighted by Gasteiger charge is 2.61. The molecule has 208 valence electrons. The van der Waals surface area contributed by atoms with Crippen molar-refractivity contribution in [3.63, 3.8) is 0 Å². The molecule has 1 heterocycles. The van der Waals surface area contributed by atoms with Crippen molar-refractivity contribution in [2.45, 2.75) is 148 Å². The molecule has 1 aliphatic carbocycles. The zero-order chi connectivity index (χ0) is 27.0. The molecular formula is C28H58O5Si2. The van der Waals surface area contributed by atoms with E-state index in [1.165, 1.54) is 0 Å². The predicted molar refractivity (Wildman–Crippen MR) is 151 cm³/mol. The molecule has 0 aromatic rings. The summed E-state index contributed by atoms with van der Waals surface area (Å²) in [4.78, 5) is 0. The van der Waals surface area contributed by atoms with E-state index in [0.717, 1.165) is 0 Å². The van der Waals surface area contributed by atoms with Gasteiger partial charge >= 0.3 is 0 Å². The van der Waals surface area contributed by atoms with Gasteiger partial charge in [0.05, 0.1) is 25.4 Å². The summed E-state index contributed by atoms with van der Waals surface area (Å²) in [7, 11) is -4.19. The van der Waals surface area contributed by atoms with Gasteiger partial charge in [-0.05, 0) is 51.0 Å². The minimum absolute atomic E-state index is 0.0686. The van der Waals surface area contributed by atoms with Crippen molar-refractivity contribution >= 4 is 16.6 Å². The van der Waals surface area contributed by atoms with Crippen molar-refractivity contribution in [2.75, 3.05) is 13.2 Å². The predicted octanol–water partition coefficient (Wildman–Crippen LogP) is 6.74. The van der Waals surface area contributed by atoms with E-state index in [9.17, 15) is 10.2 Å². The van der Waals surface area contributed by atoms with Gasteiger partial charge in [0.15, 0.2) is 16.6 Å². The van der Waals surface area contributed by atoms with Crippen LogP contribution in [0.3, 0.4) is 0 Å². The Labute approximate surface area is 219 Å². The van der Waals surface area contributed by atoms with Gasteiger partial charge in [0, 0.05) is 0 Å². The second kappa shape index (κ2) is 12.0. The van der Waals surface area contributed by atoms with Gasteiger partial charge in [0.25, 0.3) is 0 Å². The second-order valence-electron chi connectivity index (χ2n) is 13.5. The van der Waals surface area contributed by atoms with Crippen molar-refractivity contribution in [3.05, 3.63) is 0 Å². The largest absolute Gasteiger partial charge is 0.413 e. The Balaban J connectivity index is 2.28. The number of ether oxygens (including phenoxy) is 1. The summed E-state index contributed by atoms with van der Waals surface area (Å²) in [5.41, 5.74) is 2.82. The summed E-state index contributed by atoms with van der Waals surface area (Å²) >= 11 is 0. The molecule has 7 atom stereocenters. The number of hydrogen-bond acceptors (Lipinski definition) is 5. The Kier molecular flexibility index (Phi) is 10.7. The Hall–Kier alpha value is 0.234. The minimum atomic E-state index is -2.09. The van der Waals surface area contributed by atoms with Gasteiger partial charge in [-0.1, -0.05) is 90.0 Å². The number of fused-ring (bicyclic) bond motifs is 1. The molecule has 0 aromatic carbocycles. The van der Waals surface area contributed by atoms with E-state index in [4.69, 9.17) is 13.6 Å². The smallest absolute Gasteiger partial charge is 0.200 e. The van der Waals surface area contributed by atoms with Crippen molar-refractivity contribution in [3.8, 4) is 0 Å². The SMILES string of the molecule is CC1[C@@H]2[C@@H](O)[C@H](CO[Si](C(C)C)(C(C)C)C(C)C)O[C@H](CO[Si](C(C)C)(C(C)C)C(C)C)[C@@H](O)[C@H]12. The van der Waals surface area contributed by atoms with Crippen LogP contribution in [0.15, 0.2) is 0 Å². The summed E-state index contributed by atoms with van der Waals surface area (Å²) < 4.78 is 20.3. The lowest BCUT2D eigenvalue weighted by Crippen LogP contribution is -2.52. The maximum atomic E-state index is 11.3. The van der Waals surface area contributed by atoms with E-state index in [2.05, 4.69) is 90.0 Å². The molecule has 7 heteroatoms. The monoisotopic (exact) mass is 530 g/mol. The molecule has 35 heavy (non-hydrogen) atoms. The van der Waals surface area contributed by atoms with Crippen LogP contribution >= 0.6 is 0 Å². The average molecular weight is 531 g/mol. The van der Waals surface area contributed by atoms with Gasteiger partial charge < -0.3 is 23.8 Å². The fourth-order valence-electron chi connectivity index (χ4n) is 8.21. The lowest BCUT2D eigenvalue weighted by molar-refractivity contribution is -0.133. The molecule has 2 N–H and O–H groups in total. The van der Waals surface area contributed by atoms with Crippen molar-refractivity contribution in [1.82, 2.24) is 0 Å². The third-order valence-electron chi connectivity index (χ3n) is 9.83. The van der Waals surface area contributed by atoms with E-state index in [-0.39, 0.29) is 11.8 Å². The number of aliphatic hydroxyl groups excluding tert-OH is 2. The van der Waals surface area contributed by atoms with Crippen LogP contribution in [0.25, 0.3) is 0 Å². The zero-order valence-electron chi connectivity index (χ0n) is 25.0. The molecule has 0 aromatic heterocycles. The third-order valence-corrected chi connectivity index (χ3v) is 22.0. The van der Waals surface area contributed by atoms with Crippen molar-refractivity contribution in [2.24, 2.45) is 17.8 Å². The summed E-state index contributed by atoms with van der Waals surface area (Å²) in [5, 5.41) is 22.7. The molecule has 1 saturated carbocycles. The molecule has 0 spiro atoms. The molecule has 1 saturated heterocycles. The van der Waals surface area contributed by atoms with Gasteiger partial charge in [0.1, 0.15) is 12.2 Å². The summed E-state index contributed by atoms with van der Waals surface area (Å²) in [5.74, 6) is 0.428. The maximum Gasteiger partial charge on any atom is 0.200 e. The molecule has 2 aliphatic rings. The van der Waals surface area contributed by atoms with Crippen LogP contribution in [0.5, 0.6) is 0 Å². The van der Waals surface area contributed by atoms with Gasteiger partial charge in [-0.25, -0.2) is 0 Å². The van der Waals surface area contributed by atoms with E-state index in [1.807, 2.05) is 0 Å². The molecule has 2 rings (SSSR count). The van der Waals surface area contributed by atoms with Gasteiger partial charge in [-0.15, -0.1) is 0 Å². The Morgan fingerprint density at radius 1 is 0.571 bits per heavy atom. The van der Waals surface area contributed by atoms with E-state index < -0.39 is 41.1 Å². The number of aliphatic hydroxyl groups is 2. The standard InChI is InChI=1S/C28H58O5Si2/c1-16(2)34(17(3)4,18(5)6)31-14-23-27(29)25-22(13)26(25)28(30)24(33-23)15-32-35(19(7)8,20(9)10)21(11)12/h16-30H,14-15H2,1-13H3/t22?,23-,24+,25-,26+,27-,28+. The van der Waals surface area contributed by atoms with E-state index >= 15 is 0 Å². The molecule has 2 fully saturated rings. The van der Waals surface area contributed by atoms with Crippen LogP contribution in [0.4, 0.5) is 0 Å². The second-order valence-corrected chi connectivity index (χ2v) is 24.4. The highest BCUT2D eigenvalue weighted by atomic mass is 28.4. The third kappa shape index (κ3) is 5.81. The maximum absolute atomic E-state index is 11.3. The molecular weight excluding hydrogens is 472 g/mol. The first-order valence-electron chi connectivity index (χ1n) is 14.4. The molecule has 5 nitrogen and oxygen atoms in total. The van der Waals surface area contributed by atoms with Crippen LogP contribution < -0.4 is 0 Å². The van der Waals surface area contributed by atoms with Gasteiger partial charge in [-0.2, -0.15) is 0 Å². The molecule has 0 amide bonds. The molecule has 0 radical (unpaired) electrons. The number of hydrogen-bond donors (Lipinski definition) is 2. The Morgan fingerprint density at radius 3 is 1.06 bits per heavy atom. The van der Waals surface area contributed by atoms with Crippen molar-refractivity contribution < 1.29 is 23.8 Å². The lowest BCUT2D eigenvalue weighted by atomic mass is 10.1. The van der Waals surface area contributed by atoms with Crippen LogP contribution in [-0.4, -0.2) is 64.5 Å². The van der Waals surface area contributed by atoms with Crippen LogP contribution in [0.2, 0.25) is 33.2 Å². The first-order valence-corrected chi connectivity index (χ1v) is 18.6. The van der Waals surface area contributed by atoms with E-state index in [1.54, 1.807) is 0 Å². The zero-order valence-corrected chi connectivity index (χ0v) is 27.0. The first-order chi connectivity index (χ1) is 16.1. The fourth-order valence-corrected chi connectivity index (χ4v) is 19.1. The van der Waals surface area contributed by atoms with Crippen molar-refractivity contribution in [1.29, 1.82) is 0 Å². The fraction of sp³-hybridized carbons (Fsp3) is 1.00. The molecule has 0 bridgehead atoms. The van der Waals surface area contributed by atoms with Gasteiger partial charge in [0.2, 0.25) is 0 Å². The quantitative estimate of drug-likeness (QED) is 0.273. The average Bonchev–Trinajstić information content (AvgIpc) is 3.41. The Bertz CT molecular complexity index is 568. The van der Waals surface area contributed by atoms with Gasteiger partial charge in [-0.3, -0.25) is 0 Å². The summed E-state index contributed by atoms with van der Waals surface area (Å²) in [6.07, 6.45) is -2.10. The highest BCUT2D eigenvalue weighted by molar-refractivity contribution is 6.78. The minimum Gasteiger partial charge on any atom is -0.413 e. The number of rotatable bonds is 12. The van der Waals surface area contributed by atoms with Crippen LogP contribution in [-0.2, 0) is 13.6 Å². The van der Waals surface area contributed by atoms with E-state index in [0.29, 0.717) is 52.4 Å². The molecule has 1 aliphatic heterocycles. The van der Waals surface area contributed by atoms with Crippen LogP contribution in [0, 0.1) is 17.8 Å². The lowest BCUT2D eigenvalue weighted by Gasteiger charge is -2.44. The summed E-state index contributed by atoms with van der Waals surface area (Å²) in [6.45, 7) is 30.3. The highest BCUT2D eigenvalue weighted by Crippen LogP contribution is 2.54. The first kappa shape index (κ1) is 31.5. The Morgan fingerprint density at radius 2 is 0.829 bits per heavy atom. The normalized spacial score (nSPS) is 32.3. The topological polar surface area (TPSA) is 68.2 Å². The summed E-state index contributed by atoms with van der Waals surface area (Å²) in [6, 6.07) is 0.